The zero-order valence-electron chi connectivity index (χ0n) is 14.7. The first kappa shape index (κ1) is 21.0. The van der Waals surface area contributed by atoms with Crippen molar-refractivity contribution in [1.82, 2.24) is 5.32 Å². The number of benzene rings is 1. The molecule has 24 heavy (non-hydrogen) atoms. The van der Waals surface area contributed by atoms with E-state index in [0.717, 1.165) is 44.8 Å². The Morgan fingerprint density at radius 2 is 1.92 bits per heavy atom. The Labute approximate surface area is 162 Å². The lowest BCUT2D eigenvalue weighted by Crippen LogP contribution is -2.39. The van der Waals surface area contributed by atoms with Gasteiger partial charge >= 0.3 is 0 Å². The summed E-state index contributed by atoms with van der Waals surface area (Å²) >= 11 is 0. The third kappa shape index (κ3) is 5.81. The second kappa shape index (κ2) is 10.8. The van der Waals surface area contributed by atoms with Crippen LogP contribution in [0.5, 0.6) is 5.75 Å². The molecule has 5 nitrogen and oxygen atoms in total. The molecule has 0 unspecified atom stereocenters. The van der Waals surface area contributed by atoms with Gasteiger partial charge in [-0.3, -0.25) is 4.99 Å². The molecule has 0 amide bonds. The van der Waals surface area contributed by atoms with Gasteiger partial charge < -0.3 is 20.5 Å². The first-order chi connectivity index (χ1) is 11.2. The molecule has 6 heteroatoms. The van der Waals surface area contributed by atoms with Gasteiger partial charge in [0, 0.05) is 25.2 Å². The van der Waals surface area contributed by atoms with Gasteiger partial charge in [0.1, 0.15) is 5.75 Å². The highest BCUT2D eigenvalue weighted by molar-refractivity contribution is 14.0. The lowest BCUT2D eigenvalue weighted by Gasteiger charge is -2.36. The molecular weight excluding hydrogens is 417 g/mol. The van der Waals surface area contributed by atoms with Crippen molar-refractivity contribution in [3.05, 3.63) is 29.8 Å². The van der Waals surface area contributed by atoms with Crippen LogP contribution in [0.15, 0.2) is 29.3 Å². The van der Waals surface area contributed by atoms with E-state index in [1.54, 1.807) is 0 Å². The maximum atomic E-state index is 5.97. The van der Waals surface area contributed by atoms with Crippen LogP contribution < -0.4 is 15.8 Å². The molecule has 0 aliphatic carbocycles. The molecule has 136 valence electrons. The number of nitrogens with two attached hydrogens (primary N) is 1. The van der Waals surface area contributed by atoms with Crippen LogP contribution in [0.2, 0.25) is 0 Å². The summed E-state index contributed by atoms with van der Waals surface area (Å²) in [6.07, 6.45) is 2.96. The summed E-state index contributed by atoms with van der Waals surface area (Å²) in [5.74, 6) is 1.44. The quantitative estimate of drug-likeness (QED) is 0.383. The lowest BCUT2D eigenvalue weighted by molar-refractivity contribution is 0.0531. The van der Waals surface area contributed by atoms with E-state index in [9.17, 15) is 0 Å². The molecule has 3 N–H and O–H groups in total. The number of ether oxygens (including phenoxy) is 2. The molecule has 1 aliphatic rings. The van der Waals surface area contributed by atoms with E-state index in [4.69, 9.17) is 15.2 Å². The number of nitrogens with one attached hydrogen (secondary N) is 1. The Morgan fingerprint density at radius 3 is 2.50 bits per heavy atom. The highest BCUT2D eigenvalue weighted by Gasteiger charge is 2.34. The molecular formula is C18H30IN3O2. The average Bonchev–Trinajstić information content (AvgIpc) is 2.60. The van der Waals surface area contributed by atoms with Crippen LogP contribution >= 0.6 is 24.0 Å². The Morgan fingerprint density at radius 1 is 1.25 bits per heavy atom. The van der Waals surface area contributed by atoms with Gasteiger partial charge in [0.2, 0.25) is 0 Å². The predicted octanol–water partition coefficient (Wildman–Crippen LogP) is 3.07. The Balaban J connectivity index is 0.00000288. The highest BCUT2D eigenvalue weighted by Crippen LogP contribution is 2.36. The molecule has 0 radical (unpaired) electrons. The van der Waals surface area contributed by atoms with Crippen LogP contribution in [0, 0.1) is 0 Å². The number of aliphatic imine (C=N–C) groups is 1. The second-order valence-electron chi connectivity index (χ2n) is 5.98. The molecule has 1 fully saturated rings. The number of halogens is 1. The smallest absolute Gasteiger partial charge is 0.188 e. The Kier molecular flexibility index (Phi) is 9.43. The van der Waals surface area contributed by atoms with E-state index in [2.05, 4.69) is 29.4 Å². The molecule has 0 bridgehead atoms. The molecule has 0 aromatic heterocycles. The van der Waals surface area contributed by atoms with Crippen molar-refractivity contribution in [2.24, 2.45) is 10.7 Å². The zero-order valence-corrected chi connectivity index (χ0v) is 17.0. The number of nitrogens with zero attached hydrogens (tertiary/aromatic N) is 1. The van der Waals surface area contributed by atoms with Crippen LogP contribution in [0.1, 0.15) is 38.7 Å². The maximum absolute atomic E-state index is 5.97. The van der Waals surface area contributed by atoms with Crippen molar-refractivity contribution < 1.29 is 9.47 Å². The average molecular weight is 447 g/mol. The summed E-state index contributed by atoms with van der Waals surface area (Å²) < 4.78 is 11.1. The fourth-order valence-corrected chi connectivity index (χ4v) is 2.92. The normalized spacial score (nSPS) is 17.0. The van der Waals surface area contributed by atoms with Crippen molar-refractivity contribution in [2.75, 3.05) is 32.9 Å². The van der Waals surface area contributed by atoms with Gasteiger partial charge in [-0.15, -0.1) is 24.0 Å². The van der Waals surface area contributed by atoms with E-state index >= 15 is 0 Å². The molecule has 1 heterocycles. The van der Waals surface area contributed by atoms with Gasteiger partial charge in [0.25, 0.3) is 0 Å². The van der Waals surface area contributed by atoms with Crippen LogP contribution in [0.25, 0.3) is 0 Å². The zero-order chi connectivity index (χ0) is 16.5. The number of hydrogen-bond acceptors (Lipinski definition) is 3. The summed E-state index contributed by atoms with van der Waals surface area (Å²) in [4.78, 5) is 4.59. The molecule has 1 aliphatic heterocycles. The maximum Gasteiger partial charge on any atom is 0.188 e. The fraction of sp³-hybridized carbons (Fsp3) is 0.611. The van der Waals surface area contributed by atoms with Gasteiger partial charge in [-0.05, 0) is 43.9 Å². The van der Waals surface area contributed by atoms with Crippen LogP contribution in [0.3, 0.4) is 0 Å². The molecule has 0 saturated carbocycles. The molecule has 2 rings (SSSR count). The van der Waals surface area contributed by atoms with E-state index in [-0.39, 0.29) is 29.4 Å². The summed E-state index contributed by atoms with van der Waals surface area (Å²) in [6, 6.07) is 8.39. The molecule has 1 aromatic carbocycles. The number of hydrogen-bond donors (Lipinski definition) is 2. The van der Waals surface area contributed by atoms with Gasteiger partial charge in [-0.2, -0.15) is 0 Å². The van der Waals surface area contributed by atoms with Crippen LogP contribution in [-0.2, 0) is 10.2 Å². The van der Waals surface area contributed by atoms with Crippen molar-refractivity contribution in [3.63, 3.8) is 0 Å². The molecule has 1 aromatic rings. The van der Waals surface area contributed by atoms with Crippen molar-refractivity contribution in [3.8, 4) is 5.75 Å². The fourth-order valence-electron chi connectivity index (χ4n) is 2.92. The lowest BCUT2D eigenvalue weighted by atomic mass is 9.74. The number of guanidine groups is 1. The summed E-state index contributed by atoms with van der Waals surface area (Å²) in [7, 11) is 0. The minimum Gasteiger partial charge on any atom is -0.494 e. The Bertz CT molecular complexity index is 499. The minimum atomic E-state index is 0. The topological polar surface area (TPSA) is 68.9 Å². The van der Waals surface area contributed by atoms with Crippen LogP contribution in [0.4, 0.5) is 0 Å². The Hall–Kier alpha value is -1.02. The third-order valence-corrected chi connectivity index (χ3v) is 4.34. The first-order valence-electron chi connectivity index (χ1n) is 8.55. The van der Waals surface area contributed by atoms with E-state index in [1.165, 1.54) is 5.56 Å². The second-order valence-corrected chi connectivity index (χ2v) is 5.98. The van der Waals surface area contributed by atoms with Crippen LogP contribution in [-0.4, -0.2) is 38.9 Å². The first-order valence-corrected chi connectivity index (χ1v) is 8.55. The monoisotopic (exact) mass is 447 g/mol. The third-order valence-electron chi connectivity index (χ3n) is 4.34. The SMILES string of the molecule is CCCNC(N)=NCC1(c2ccc(OCC)cc2)CCOCC1.I. The van der Waals surface area contributed by atoms with Gasteiger partial charge in [0.15, 0.2) is 5.96 Å². The standard InChI is InChI=1S/C18H29N3O2.HI/c1-3-11-20-17(19)21-14-18(9-12-22-13-10-18)15-5-7-16(8-6-15)23-4-2;/h5-8H,3-4,9-14H2,1-2H3,(H3,19,20,21);1H. The van der Waals surface area contributed by atoms with E-state index < -0.39 is 0 Å². The number of rotatable bonds is 7. The van der Waals surface area contributed by atoms with Gasteiger partial charge in [0.05, 0.1) is 13.2 Å². The summed E-state index contributed by atoms with van der Waals surface area (Å²) in [5.41, 5.74) is 7.25. The summed E-state index contributed by atoms with van der Waals surface area (Å²) in [5, 5.41) is 3.14. The largest absolute Gasteiger partial charge is 0.494 e. The van der Waals surface area contributed by atoms with Crippen molar-refractivity contribution >= 4 is 29.9 Å². The predicted molar refractivity (Wildman–Crippen MR) is 110 cm³/mol. The molecule has 0 spiro atoms. The van der Waals surface area contributed by atoms with E-state index in [0.29, 0.717) is 19.1 Å². The van der Waals surface area contributed by atoms with Gasteiger partial charge in [-0.1, -0.05) is 19.1 Å². The van der Waals surface area contributed by atoms with Crippen molar-refractivity contribution in [1.29, 1.82) is 0 Å². The van der Waals surface area contributed by atoms with E-state index in [1.807, 2.05) is 19.1 Å². The van der Waals surface area contributed by atoms with Gasteiger partial charge in [-0.25, -0.2) is 0 Å². The minimum absolute atomic E-state index is 0. The van der Waals surface area contributed by atoms with Crippen molar-refractivity contribution in [2.45, 2.75) is 38.5 Å². The molecule has 1 saturated heterocycles. The highest BCUT2D eigenvalue weighted by atomic mass is 127. The summed E-state index contributed by atoms with van der Waals surface area (Å²) in [6.45, 7) is 7.87. The molecule has 0 atom stereocenters.